The van der Waals surface area contributed by atoms with Crippen molar-refractivity contribution in [3.63, 3.8) is 0 Å². The van der Waals surface area contributed by atoms with Crippen molar-refractivity contribution in [1.29, 1.82) is 0 Å². The number of guanidine groups is 1. The summed E-state index contributed by atoms with van der Waals surface area (Å²) in [6, 6.07) is 7.11. The molecule has 1 aromatic carbocycles. The molecule has 0 aliphatic rings. The summed E-state index contributed by atoms with van der Waals surface area (Å²) in [5.74, 6) is -0.200. The quantitative estimate of drug-likeness (QED) is 0.366. The molecular formula is C19H26N6O2S. The molecule has 0 fully saturated rings. The maximum atomic E-state index is 11.9. The Balaban J connectivity index is 1.76. The maximum absolute atomic E-state index is 11.9. The number of nitrogens with two attached hydrogens (primary N) is 1. The van der Waals surface area contributed by atoms with Gasteiger partial charge in [0, 0.05) is 43.2 Å². The minimum atomic E-state index is -0.575. The van der Waals surface area contributed by atoms with Gasteiger partial charge in [0.2, 0.25) is 5.91 Å². The van der Waals surface area contributed by atoms with E-state index in [0.29, 0.717) is 18.1 Å². The van der Waals surface area contributed by atoms with E-state index in [2.05, 4.69) is 32.9 Å². The third-order valence-corrected chi connectivity index (χ3v) is 5.11. The van der Waals surface area contributed by atoms with Gasteiger partial charge >= 0.3 is 0 Å². The van der Waals surface area contributed by atoms with Crippen LogP contribution < -0.4 is 21.7 Å². The molecule has 0 unspecified atom stereocenters. The highest BCUT2D eigenvalue weighted by Gasteiger charge is 2.07. The average Bonchev–Trinajstić information content (AvgIpc) is 3.17. The molecule has 0 spiro atoms. The molecule has 0 radical (unpaired) electrons. The molecule has 2 aromatic rings. The van der Waals surface area contributed by atoms with E-state index >= 15 is 0 Å². The van der Waals surface area contributed by atoms with Gasteiger partial charge in [-0.15, -0.1) is 11.3 Å². The number of amides is 2. The van der Waals surface area contributed by atoms with Gasteiger partial charge < -0.3 is 21.7 Å². The molecular weight excluding hydrogens is 376 g/mol. The Labute approximate surface area is 168 Å². The summed E-state index contributed by atoms with van der Waals surface area (Å²) in [5.41, 5.74) is 6.49. The first kappa shape index (κ1) is 21.4. The summed E-state index contributed by atoms with van der Waals surface area (Å²) in [5, 5.41) is 10.1. The van der Waals surface area contributed by atoms with Gasteiger partial charge in [-0.1, -0.05) is 19.1 Å². The van der Waals surface area contributed by atoms with E-state index in [-0.39, 0.29) is 12.5 Å². The molecule has 2 amide bonds. The van der Waals surface area contributed by atoms with Crippen LogP contribution in [0.25, 0.3) is 0 Å². The van der Waals surface area contributed by atoms with Crippen molar-refractivity contribution in [2.45, 2.75) is 26.3 Å². The molecule has 0 aliphatic heterocycles. The Morgan fingerprint density at radius 3 is 2.54 bits per heavy atom. The van der Waals surface area contributed by atoms with Gasteiger partial charge in [-0.3, -0.25) is 14.6 Å². The Bertz CT molecular complexity index is 816. The van der Waals surface area contributed by atoms with Gasteiger partial charge in [-0.05, 0) is 24.1 Å². The van der Waals surface area contributed by atoms with Gasteiger partial charge in [-0.2, -0.15) is 0 Å². The molecule has 1 heterocycles. The van der Waals surface area contributed by atoms with Crippen LogP contribution in [0.2, 0.25) is 0 Å². The standard InChI is InChI=1S/C19H26N6O2S/c1-3-15-11-23-17(28-15)8-9-22-19(21-2)25-10-13-4-6-14(7-5-13)18(27)24-12-16(20)26/h4-7,11H,3,8-10,12H2,1-2H3,(H2,20,26)(H,24,27)(H2,21,22,25). The van der Waals surface area contributed by atoms with Crippen molar-refractivity contribution in [3.05, 3.63) is 51.5 Å². The lowest BCUT2D eigenvalue weighted by molar-refractivity contribution is -0.117. The van der Waals surface area contributed by atoms with Gasteiger partial charge in [0.05, 0.1) is 11.6 Å². The predicted molar refractivity (Wildman–Crippen MR) is 111 cm³/mol. The van der Waals surface area contributed by atoms with Crippen molar-refractivity contribution >= 4 is 29.1 Å². The molecule has 2 rings (SSSR count). The Morgan fingerprint density at radius 1 is 1.18 bits per heavy atom. The van der Waals surface area contributed by atoms with Crippen LogP contribution in [0.5, 0.6) is 0 Å². The van der Waals surface area contributed by atoms with Crippen molar-refractivity contribution < 1.29 is 9.59 Å². The van der Waals surface area contributed by atoms with Gasteiger partial charge in [0.15, 0.2) is 5.96 Å². The normalized spacial score (nSPS) is 11.1. The topological polar surface area (TPSA) is 122 Å². The number of aliphatic imine (C=N–C) groups is 1. The van der Waals surface area contributed by atoms with Crippen LogP contribution in [0, 0.1) is 0 Å². The molecule has 0 bridgehead atoms. The second-order valence-electron chi connectivity index (χ2n) is 6.02. The van der Waals surface area contributed by atoms with Crippen molar-refractivity contribution in [2.24, 2.45) is 10.7 Å². The highest BCUT2D eigenvalue weighted by molar-refractivity contribution is 7.11. The molecule has 1 aromatic heterocycles. The number of hydrogen-bond donors (Lipinski definition) is 4. The molecule has 0 saturated heterocycles. The molecule has 0 aliphatic carbocycles. The SMILES string of the molecule is CCc1cnc(CCNC(=NC)NCc2ccc(C(=O)NCC(N)=O)cc2)s1. The maximum Gasteiger partial charge on any atom is 0.251 e. The largest absolute Gasteiger partial charge is 0.368 e. The summed E-state index contributed by atoms with van der Waals surface area (Å²) in [6.45, 7) is 3.27. The molecule has 5 N–H and O–H groups in total. The Morgan fingerprint density at radius 2 is 1.93 bits per heavy atom. The van der Waals surface area contributed by atoms with E-state index in [4.69, 9.17) is 5.73 Å². The monoisotopic (exact) mass is 402 g/mol. The lowest BCUT2D eigenvalue weighted by Crippen LogP contribution is -2.37. The number of thiazole rings is 1. The minimum Gasteiger partial charge on any atom is -0.368 e. The van der Waals surface area contributed by atoms with Crippen LogP contribution >= 0.6 is 11.3 Å². The summed E-state index contributed by atoms with van der Waals surface area (Å²) in [4.78, 5) is 32.5. The van der Waals surface area contributed by atoms with Crippen LogP contribution in [0.3, 0.4) is 0 Å². The number of nitrogens with zero attached hydrogens (tertiary/aromatic N) is 2. The number of nitrogens with one attached hydrogen (secondary N) is 3. The van der Waals surface area contributed by atoms with Crippen molar-refractivity contribution in [2.75, 3.05) is 20.1 Å². The van der Waals surface area contributed by atoms with Gasteiger partial charge in [0.1, 0.15) is 0 Å². The fourth-order valence-corrected chi connectivity index (χ4v) is 3.23. The Hall–Kier alpha value is -2.94. The first-order valence-corrected chi connectivity index (χ1v) is 9.87. The summed E-state index contributed by atoms with van der Waals surface area (Å²) in [7, 11) is 1.72. The lowest BCUT2D eigenvalue weighted by Gasteiger charge is -2.11. The number of rotatable bonds is 9. The number of primary amides is 1. The van der Waals surface area contributed by atoms with Gasteiger partial charge in [0.25, 0.3) is 5.91 Å². The number of aryl methyl sites for hydroxylation is 1. The number of carbonyl (C=O) groups is 2. The smallest absolute Gasteiger partial charge is 0.251 e. The molecule has 150 valence electrons. The first-order valence-electron chi connectivity index (χ1n) is 9.05. The van der Waals surface area contributed by atoms with Crippen LogP contribution in [-0.4, -0.2) is 42.9 Å². The van der Waals surface area contributed by atoms with E-state index in [0.717, 1.165) is 30.0 Å². The molecule has 0 saturated carbocycles. The second-order valence-corrected chi connectivity index (χ2v) is 7.22. The van der Waals surface area contributed by atoms with Crippen LogP contribution in [0.4, 0.5) is 0 Å². The Kier molecular flexibility index (Phi) is 8.41. The highest BCUT2D eigenvalue weighted by atomic mass is 32.1. The zero-order valence-electron chi connectivity index (χ0n) is 16.1. The summed E-state index contributed by atoms with van der Waals surface area (Å²) >= 11 is 1.74. The van der Waals surface area contributed by atoms with E-state index in [1.54, 1.807) is 30.5 Å². The summed E-state index contributed by atoms with van der Waals surface area (Å²) in [6.07, 6.45) is 3.80. The molecule has 9 heteroatoms. The van der Waals surface area contributed by atoms with E-state index < -0.39 is 5.91 Å². The minimum absolute atomic E-state index is 0.176. The number of hydrogen-bond acceptors (Lipinski definition) is 5. The number of carbonyl (C=O) groups excluding carboxylic acids is 2. The van der Waals surface area contributed by atoms with Crippen LogP contribution in [0.1, 0.15) is 32.7 Å². The average molecular weight is 403 g/mol. The highest BCUT2D eigenvalue weighted by Crippen LogP contribution is 2.13. The fraction of sp³-hybridized carbons (Fsp3) is 0.368. The third-order valence-electron chi connectivity index (χ3n) is 3.90. The number of aromatic nitrogens is 1. The zero-order valence-corrected chi connectivity index (χ0v) is 16.9. The first-order chi connectivity index (χ1) is 13.5. The van der Waals surface area contributed by atoms with Crippen LogP contribution in [-0.2, 0) is 24.2 Å². The predicted octanol–water partition coefficient (Wildman–Crippen LogP) is 0.828. The summed E-state index contributed by atoms with van der Waals surface area (Å²) < 4.78 is 0. The van der Waals surface area contributed by atoms with Crippen molar-refractivity contribution in [3.8, 4) is 0 Å². The molecule has 8 nitrogen and oxygen atoms in total. The van der Waals surface area contributed by atoms with Gasteiger partial charge in [-0.25, -0.2) is 4.98 Å². The molecule has 28 heavy (non-hydrogen) atoms. The van der Waals surface area contributed by atoms with Crippen LogP contribution in [0.15, 0.2) is 35.5 Å². The van der Waals surface area contributed by atoms with E-state index in [9.17, 15) is 9.59 Å². The molecule has 0 atom stereocenters. The fourth-order valence-electron chi connectivity index (χ4n) is 2.36. The second kappa shape index (κ2) is 11.0. The van der Waals surface area contributed by atoms with E-state index in [1.807, 2.05) is 18.3 Å². The van der Waals surface area contributed by atoms with Crippen molar-refractivity contribution in [1.82, 2.24) is 20.9 Å². The number of benzene rings is 1. The zero-order chi connectivity index (χ0) is 20.4. The van der Waals surface area contributed by atoms with E-state index in [1.165, 1.54) is 4.88 Å². The third kappa shape index (κ3) is 6.99. The lowest BCUT2D eigenvalue weighted by atomic mass is 10.1.